The maximum absolute atomic E-state index is 5.95. The Labute approximate surface area is 124 Å². The molecule has 2 aliphatic rings. The zero-order chi connectivity index (χ0) is 14.1. The van der Waals surface area contributed by atoms with E-state index in [1.165, 1.54) is 16.7 Å². The monoisotopic (exact) mass is 281 g/mol. The summed E-state index contributed by atoms with van der Waals surface area (Å²) >= 11 is 0. The van der Waals surface area contributed by atoms with Gasteiger partial charge in [0.1, 0.15) is 12.4 Å². The van der Waals surface area contributed by atoms with E-state index < -0.39 is 0 Å². The SMILES string of the molecule is c1ccc(COc2ccc3c(c2)C2CNCC2OC3)cc1. The fourth-order valence-corrected chi connectivity index (χ4v) is 3.22. The zero-order valence-corrected chi connectivity index (χ0v) is 11.9. The lowest BCUT2D eigenvalue weighted by Gasteiger charge is -2.28. The Bertz CT molecular complexity index is 626. The number of fused-ring (bicyclic) bond motifs is 3. The van der Waals surface area contributed by atoms with Crippen molar-refractivity contribution in [2.45, 2.75) is 25.2 Å². The maximum Gasteiger partial charge on any atom is 0.120 e. The van der Waals surface area contributed by atoms with Gasteiger partial charge in [0.15, 0.2) is 0 Å². The first-order valence-corrected chi connectivity index (χ1v) is 7.52. The van der Waals surface area contributed by atoms with Crippen molar-refractivity contribution in [3.63, 3.8) is 0 Å². The van der Waals surface area contributed by atoms with Crippen molar-refractivity contribution in [1.29, 1.82) is 0 Å². The Hall–Kier alpha value is -1.84. The van der Waals surface area contributed by atoms with Gasteiger partial charge in [-0.05, 0) is 28.8 Å². The molecular weight excluding hydrogens is 262 g/mol. The van der Waals surface area contributed by atoms with Gasteiger partial charge in [-0.25, -0.2) is 0 Å². The molecule has 0 saturated carbocycles. The second-order valence-electron chi connectivity index (χ2n) is 5.75. The van der Waals surface area contributed by atoms with Crippen LogP contribution < -0.4 is 10.1 Å². The molecule has 21 heavy (non-hydrogen) atoms. The standard InChI is InChI=1S/C18H19NO2/c1-2-4-13(5-3-1)11-20-15-7-6-14-12-21-18-10-19-9-17(18)16(14)8-15/h1-8,17-19H,9-12H2. The predicted molar refractivity (Wildman–Crippen MR) is 81.4 cm³/mol. The van der Waals surface area contributed by atoms with Gasteiger partial charge >= 0.3 is 0 Å². The Balaban J connectivity index is 1.53. The lowest BCUT2D eigenvalue weighted by molar-refractivity contribution is 0.0298. The molecule has 2 aromatic rings. The Morgan fingerprint density at radius 1 is 1.10 bits per heavy atom. The highest BCUT2D eigenvalue weighted by Crippen LogP contribution is 2.35. The summed E-state index contributed by atoms with van der Waals surface area (Å²) in [6.07, 6.45) is 0.321. The number of ether oxygens (including phenoxy) is 2. The third-order valence-electron chi connectivity index (χ3n) is 4.38. The minimum atomic E-state index is 0.321. The highest BCUT2D eigenvalue weighted by atomic mass is 16.5. The molecule has 0 bridgehead atoms. The van der Waals surface area contributed by atoms with E-state index in [-0.39, 0.29) is 0 Å². The van der Waals surface area contributed by atoms with Crippen LogP contribution >= 0.6 is 0 Å². The number of benzene rings is 2. The summed E-state index contributed by atoms with van der Waals surface area (Å²) < 4.78 is 11.8. The van der Waals surface area contributed by atoms with Crippen molar-refractivity contribution < 1.29 is 9.47 Å². The zero-order valence-electron chi connectivity index (χ0n) is 11.9. The van der Waals surface area contributed by atoms with Gasteiger partial charge in [0.25, 0.3) is 0 Å². The molecule has 2 unspecified atom stereocenters. The summed E-state index contributed by atoms with van der Waals surface area (Å²) in [7, 11) is 0. The Kier molecular flexibility index (Phi) is 3.37. The first kappa shape index (κ1) is 12.9. The Morgan fingerprint density at radius 3 is 2.90 bits per heavy atom. The smallest absolute Gasteiger partial charge is 0.120 e. The minimum Gasteiger partial charge on any atom is -0.489 e. The maximum atomic E-state index is 5.95. The molecule has 0 radical (unpaired) electrons. The summed E-state index contributed by atoms with van der Waals surface area (Å²) in [5, 5.41) is 3.42. The van der Waals surface area contributed by atoms with Crippen LogP contribution in [0.2, 0.25) is 0 Å². The van der Waals surface area contributed by atoms with Gasteiger partial charge in [-0.2, -0.15) is 0 Å². The number of hydrogen-bond acceptors (Lipinski definition) is 3. The molecule has 3 nitrogen and oxygen atoms in total. The fourth-order valence-electron chi connectivity index (χ4n) is 3.22. The number of rotatable bonds is 3. The highest BCUT2D eigenvalue weighted by Gasteiger charge is 2.34. The van der Waals surface area contributed by atoms with Crippen LogP contribution in [0.25, 0.3) is 0 Å². The van der Waals surface area contributed by atoms with Gasteiger partial charge in [-0.3, -0.25) is 0 Å². The molecule has 1 N–H and O–H groups in total. The van der Waals surface area contributed by atoms with E-state index in [0.717, 1.165) is 25.4 Å². The molecule has 0 spiro atoms. The molecule has 2 aromatic carbocycles. The van der Waals surface area contributed by atoms with Gasteiger partial charge in [0.2, 0.25) is 0 Å². The average molecular weight is 281 g/mol. The van der Waals surface area contributed by atoms with E-state index >= 15 is 0 Å². The van der Waals surface area contributed by atoms with Crippen molar-refractivity contribution in [2.75, 3.05) is 13.1 Å². The van der Waals surface area contributed by atoms with Crippen LogP contribution in [0.1, 0.15) is 22.6 Å². The Morgan fingerprint density at radius 2 is 2.00 bits per heavy atom. The van der Waals surface area contributed by atoms with E-state index in [2.05, 4.69) is 29.6 Å². The second-order valence-corrected chi connectivity index (χ2v) is 5.75. The first-order chi connectivity index (χ1) is 10.4. The molecule has 4 rings (SSSR count). The van der Waals surface area contributed by atoms with Crippen LogP contribution in [-0.2, 0) is 18.0 Å². The molecule has 108 valence electrons. The number of nitrogens with one attached hydrogen (secondary N) is 1. The summed E-state index contributed by atoms with van der Waals surface area (Å²) in [6, 6.07) is 16.7. The van der Waals surface area contributed by atoms with Crippen molar-refractivity contribution in [3.05, 3.63) is 65.2 Å². The van der Waals surface area contributed by atoms with E-state index in [1.807, 2.05) is 24.3 Å². The van der Waals surface area contributed by atoms with Gasteiger partial charge in [-0.1, -0.05) is 36.4 Å². The van der Waals surface area contributed by atoms with Gasteiger partial charge in [0.05, 0.1) is 12.7 Å². The third kappa shape index (κ3) is 2.55. The molecular formula is C18H19NO2. The van der Waals surface area contributed by atoms with E-state index in [1.54, 1.807) is 0 Å². The summed E-state index contributed by atoms with van der Waals surface area (Å²) in [5.74, 6) is 1.42. The largest absolute Gasteiger partial charge is 0.489 e. The molecule has 2 atom stereocenters. The van der Waals surface area contributed by atoms with Crippen molar-refractivity contribution in [2.24, 2.45) is 0 Å². The van der Waals surface area contributed by atoms with Crippen LogP contribution in [0.4, 0.5) is 0 Å². The van der Waals surface area contributed by atoms with Gasteiger partial charge in [0, 0.05) is 19.0 Å². The third-order valence-corrected chi connectivity index (χ3v) is 4.38. The second kappa shape index (κ2) is 5.51. The number of hydrogen-bond donors (Lipinski definition) is 1. The lowest BCUT2D eigenvalue weighted by atomic mass is 9.89. The minimum absolute atomic E-state index is 0.321. The van der Waals surface area contributed by atoms with Crippen molar-refractivity contribution >= 4 is 0 Å². The molecule has 2 aliphatic heterocycles. The van der Waals surface area contributed by atoms with Crippen LogP contribution in [0, 0.1) is 0 Å². The summed E-state index contributed by atoms with van der Waals surface area (Å²) in [6.45, 7) is 3.29. The van der Waals surface area contributed by atoms with E-state index in [9.17, 15) is 0 Å². The molecule has 0 aromatic heterocycles. The molecule has 0 amide bonds. The highest BCUT2D eigenvalue weighted by molar-refractivity contribution is 5.40. The molecule has 1 saturated heterocycles. The normalized spacial score (nSPS) is 23.4. The van der Waals surface area contributed by atoms with Crippen molar-refractivity contribution in [3.8, 4) is 5.75 Å². The summed E-state index contributed by atoms with van der Waals surface area (Å²) in [4.78, 5) is 0. The molecule has 0 aliphatic carbocycles. The topological polar surface area (TPSA) is 30.5 Å². The van der Waals surface area contributed by atoms with Gasteiger partial charge in [-0.15, -0.1) is 0 Å². The first-order valence-electron chi connectivity index (χ1n) is 7.52. The average Bonchev–Trinajstić information content (AvgIpc) is 3.03. The van der Waals surface area contributed by atoms with Gasteiger partial charge < -0.3 is 14.8 Å². The molecule has 3 heteroatoms. The van der Waals surface area contributed by atoms with Crippen LogP contribution in [0.5, 0.6) is 5.75 Å². The molecule has 2 heterocycles. The fraction of sp³-hybridized carbons (Fsp3) is 0.333. The van der Waals surface area contributed by atoms with Crippen molar-refractivity contribution in [1.82, 2.24) is 5.32 Å². The predicted octanol–water partition coefficient (Wildman–Crippen LogP) is 2.85. The lowest BCUT2D eigenvalue weighted by Crippen LogP contribution is -2.26. The molecule has 1 fully saturated rings. The van der Waals surface area contributed by atoms with E-state index in [0.29, 0.717) is 18.6 Å². The van der Waals surface area contributed by atoms with Crippen LogP contribution in [-0.4, -0.2) is 19.2 Å². The quantitative estimate of drug-likeness (QED) is 0.938. The van der Waals surface area contributed by atoms with Crippen LogP contribution in [0.15, 0.2) is 48.5 Å². The summed E-state index contributed by atoms with van der Waals surface area (Å²) in [5.41, 5.74) is 3.88. The van der Waals surface area contributed by atoms with E-state index in [4.69, 9.17) is 9.47 Å². The van der Waals surface area contributed by atoms with Crippen LogP contribution in [0.3, 0.4) is 0 Å².